The lowest BCUT2D eigenvalue weighted by molar-refractivity contribution is 0.0696. The van der Waals surface area contributed by atoms with Crippen LogP contribution >= 0.6 is 0 Å². The van der Waals surface area contributed by atoms with E-state index in [1.54, 1.807) is 0 Å². The quantitative estimate of drug-likeness (QED) is 0.606. The molecule has 13 heavy (non-hydrogen) atoms. The SMILES string of the molecule is NC(=O)c1cc(O)cc(C(=O)O)c1. The van der Waals surface area contributed by atoms with E-state index in [4.69, 9.17) is 15.9 Å². The van der Waals surface area contributed by atoms with Crippen molar-refractivity contribution in [2.75, 3.05) is 0 Å². The molecule has 0 fully saturated rings. The molecule has 5 heteroatoms. The molecule has 0 spiro atoms. The molecule has 0 saturated heterocycles. The number of primary amides is 1. The number of phenols is 1. The maximum absolute atomic E-state index is 10.6. The smallest absolute Gasteiger partial charge is 0.335 e. The number of nitrogens with two attached hydrogens (primary N) is 1. The van der Waals surface area contributed by atoms with E-state index in [9.17, 15) is 9.59 Å². The minimum Gasteiger partial charge on any atom is -0.508 e. The summed E-state index contributed by atoms with van der Waals surface area (Å²) in [6, 6.07) is 3.24. The molecule has 0 aliphatic heterocycles. The monoisotopic (exact) mass is 181 g/mol. The van der Waals surface area contributed by atoms with Crippen LogP contribution in [0.5, 0.6) is 5.75 Å². The number of rotatable bonds is 2. The van der Waals surface area contributed by atoms with Crippen molar-refractivity contribution < 1.29 is 19.8 Å². The minimum atomic E-state index is -1.22. The van der Waals surface area contributed by atoms with Gasteiger partial charge < -0.3 is 15.9 Å². The second-order valence-corrected chi connectivity index (χ2v) is 2.44. The van der Waals surface area contributed by atoms with Gasteiger partial charge in [0.15, 0.2) is 0 Å². The fraction of sp³-hybridized carbons (Fsp3) is 0. The van der Waals surface area contributed by atoms with Crippen molar-refractivity contribution in [3.63, 3.8) is 0 Å². The molecule has 0 unspecified atom stereocenters. The number of carboxylic acid groups (broad SMARTS) is 1. The lowest BCUT2D eigenvalue weighted by atomic mass is 10.1. The second-order valence-electron chi connectivity index (χ2n) is 2.44. The van der Waals surface area contributed by atoms with E-state index in [0.717, 1.165) is 18.2 Å². The van der Waals surface area contributed by atoms with Crippen LogP contribution in [0.2, 0.25) is 0 Å². The number of aromatic carboxylic acids is 1. The standard InChI is InChI=1S/C8H7NO4/c9-7(11)4-1-5(8(12)13)3-6(10)2-4/h1-3,10H,(H2,9,11)(H,12,13). The number of aromatic hydroxyl groups is 1. The van der Waals surface area contributed by atoms with Crippen molar-refractivity contribution in [1.29, 1.82) is 0 Å². The maximum Gasteiger partial charge on any atom is 0.335 e. The van der Waals surface area contributed by atoms with Crippen LogP contribution in [0.25, 0.3) is 0 Å². The minimum absolute atomic E-state index is 0.0302. The van der Waals surface area contributed by atoms with E-state index in [1.807, 2.05) is 0 Å². The Labute approximate surface area is 73.4 Å². The molecule has 0 bridgehead atoms. The van der Waals surface area contributed by atoms with Crippen LogP contribution in [0.4, 0.5) is 0 Å². The van der Waals surface area contributed by atoms with E-state index in [2.05, 4.69) is 0 Å². The highest BCUT2D eigenvalue weighted by Gasteiger charge is 2.09. The zero-order valence-corrected chi connectivity index (χ0v) is 6.52. The summed E-state index contributed by atoms with van der Waals surface area (Å²) < 4.78 is 0. The first-order valence-electron chi connectivity index (χ1n) is 3.38. The third-order valence-corrected chi connectivity index (χ3v) is 1.45. The zero-order chi connectivity index (χ0) is 10.0. The summed E-state index contributed by atoms with van der Waals surface area (Å²) in [6.45, 7) is 0. The molecule has 68 valence electrons. The zero-order valence-electron chi connectivity index (χ0n) is 6.52. The number of carbonyl (C=O) groups is 2. The van der Waals surface area contributed by atoms with E-state index in [1.165, 1.54) is 0 Å². The Morgan fingerprint density at radius 2 is 1.69 bits per heavy atom. The van der Waals surface area contributed by atoms with Gasteiger partial charge in [-0.3, -0.25) is 4.79 Å². The number of amides is 1. The molecule has 4 N–H and O–H groups in total. The van der Waals surface area contributed by atoms with Gasteiger partial charge in [-0.25, -0.2) is 4.79 Å². The number of phenolic OH excluding ortho intramolecular Hbond substituents is 1. The number of carbonyl (C=O) groups excluding carboxylic acids is 1. The molecule has 0 aromatic heterocycles. The Kier molecular flexibility index (Phi) is 2.19. The fourth-order valence-electron chi connectivity index (χ4n) is 0.877. The summed E-state index contributed by atoms with van der Waals surface area (Å²) in [6.07, 6.45) is 0. The van der Waals surface area contributed by atoms with Gasteiger partial charge in [0.25, 0.3) is 0 Å². The van der Waals surface area contributed by atoms with Crippen LogP contribution in [-0.4, -0.2) is 22.1 Å². The lowest BCUT2D eigenvalue weighted by Gasteiger charge is -1.99. The van der Waals surface area contributed by atoms with Crippen LogP contribution in [-0.2, 0) is 0 Å². The van der Waals surface area contributed by atoms with Crippen LogP contribution in [0.15, 0.2) is 18.2 Å². The predicted molar refractivity (Wildman–Crippen MR) is 43.6 cm³/mol. The van der Waals surface area contributed by atoms with Crippen molar-refractivity contribution in [1.82, 2.24) is 0 Å². The Morgan fingerprint density at radius 1 is 1.15 bits per heavy atom. The third kappa shape index (κ3) is 1.96. The van der Waals surface area contributed by atoms with Crippen LogP contribution in [0.1, 0.15) is 20.7 Å². The summed E-state index contributed by atoms with van der Waals surface area (Å²) in [5.41, 5.74) is 4.71. The van der Waals surface area contributed by atoms with Gasteiger partial charge in [-0.2, -0.15) is 0 Å². The molecule has 0 aliphatic carbocycles. The summed E-state index contributed by atoms with van der Waals surface area (Å²) in [7, 11) is 0. The van der Waals surface area contributed by atoms with Crippen molar-refractivity contribution in [2.45, 2.75) is 0 Å². The second kappa shape index (κ2) is 3.14. The van der Waals surface area contributed by atoms with Crippen molar-refractivity contribution in [3.8, 4) is 5.75 Å². The highest BCUT2D eigenvalue weighted by Crippen LogP contribution is 2.15. The summed E-state index contributed by atoms with van der Waals surface area (Å²) >= 11 is 0. The fourth-order valence-corrected chi connectivity index (χ4v) is 0.877. The molecule has 1 aromatic carbocycles. The van der Waals surface area contributed by atoms with E-state index in [-0.39, 0.29) is 16.9 Å². The van der Waals surface area contributed by atoms with E-state index < -0.39 is 11.9 Å². The molecular formula is C8H7NO4. The number of hydrogen-bond donors (Lipinski definition) is 3. The normalized spacial score (nSPS) is 9.54. The van der Waals surface area contributed by atoms with Gasteiger partial charge in [-0.1, -0.05) is 0 Å². The number of carboxylic acids is 1. The molecule has 1 aromatic rings. The van der Waals surface area contributed by atoms with Gasteiger partial charge in [-0.05, 0) is 18.2 Å². The molecular weight excluding hydrogens is 174 g/mol. The van der Waals surface area contributed by atoms with Crippen molar-refractivity contribution in [3.05, 3.63) is 29.3 Å². The number of hydrogen-bond acceptors (Lipinski definition) is 3. The first-order chi connectivity index (χ1) is 6.00. The molecule has 0 atom stereocenters. The molecule has 0 aliphatic rings. The van der Waals surface area contributed by atoms with Crippen molar-refractivity contribution in [2.24, 2.45) is 5.73 Å². The molecule has 0 saturated carbocycles. The van der Waals surface area contributed by atoms with Gasteiger partial charge in [0.2, 0.25) is 5.91 Å². The van der Waals surface area contributed by atoms with Gasteiger partial charge in [0.1, 0.15) is 5.75 Å². The number of benzene rings is 1. The predicted octanol–water partition coefficient (Wildman–Crippen LogP) is 0.189. The summed E-state index contributed by atoms with van der Waals surface area (Å²) in [5.74, 6) is -2.30. The molecule has 1 amide bonds. The highest BCUT2D eigenvalue weighted by atomic mass is 16.4. The topological polar surface area (TPSA) is 101 Å². The van der Waals surface area contributed by atoms with Crippen LogP contribution in [0.3, 0.4) is 0 Å². The Balaban J connectivity index is 3.26. The van der Waals surface area contributed by atoms with Crippen LogP contribution < -0.4 is 5.73 Å². The molecule has 0 heterocycles. The summed E-state index contributed by atoms with van der Waals surface area (Å²) in [4.78, 5) is 21.1. The molecule has 5 nitrogen and oxygen atoms in total. The van der Waals surface area contributed by atoms with E-state index >= 15 is 0 Å². The van der Waals surface area contributed by atoms with Gasteiger partial charge in [-0.15, -0.1) is 0 Å². The molecule has 1 rings (SSSR count). The first-order valence-corrected chi connectivity index (χ1v) is 3.38. The first kappa shape index (κ1) is 9.05. The Bertz CT molecular complexity index is 340. The van der Waals surface area contributed by atoms with Crippen molar-refractivity contribution >= 4 is 11.9 Å². The Hall–Kier alpha value is -2.04. The third-order valence-electron chi connectivity index (χ3n) is 1.45. The molecule has 0 radical (unpaired) electrons. The highest BCUT2D eigenvalue weighted by molar-refractivity contribution is 5.97. The summed E-state index contributed by atoms with van der Waals surface area (Å²) in [5, 5.41) is 17.6. The average molecular weight is 181 g/mol. The van der Waals surface area contributed by atoms with Crippen LogP contribution in [0, 0.1) is 0 Å². The Morgan fingerprint density at radius 3 is 2.15 bits per heavy atom. The van der Waals surface area contributed by atoms with Gasteiger partial charge in [0.05, 0.1) is 5.56 Å². The maximum atomic E-state index is 10.6. The van der Waals surface area contributed by atoms with Gasteiger partial charge in [0, 0.05) is 5.56 Å². The van der Waals surface area contributed by atoms with Gasteiger partial charge >= 0.3 is 5.97 Å². The average Bonchev–Trinajstić information content (AvgIpc) is 2.03. The van der Waals surface area contributed by atoms with E-state index in [0.29, 0.717) is 0 Å². The largest absolute Gasteiger partial charge is 0.508 e. The lowest BCUT2D eigenvalue weighted by Crippen LogP contribution is -2.11.